The number of hydrogen-bond acceptors (Lipinski definition) is 4. The minimum atomic E-state index is -0.364. The molecule has 1 saturated heterocycles. The van der Waals surface area contributed by atoms with Crippen molar-refractivity contribution in [2.45, 2.75) is 19.9 Å². The molecule has 98 valence electrons. The first kappa shape index (κ1) is 13.0. The Hall–Kier alpha value is -1.46. The quantitative estimate of drug-likeness (QED) is 0.643. The van der Waals surface area contributed by atoms with Crippen LogP contribution in [0.25, 0.3) is 0 Å². The van der Waals surface area contributed by atoms with Gasteiger partial charge in [-0.3, -0.25) is 10.1 Å². The van der Waals surface area contributed by atoms with E-state index in [9.17, 15) is 10.1 Å². The summed E-state index contributed by atoms with van der Waals surface area (Å²) in [5.41, 5.74) is 1.28. The third-order valence-electron chi connectivity index (χ3n) is 3.32. The second kappa shape index (κ2) is 5.04. The molecule has 1 heterocycles. The molecule has 2 rings (SSSR count). The second-order valence-electron chi connectivity index (χ2n) is 5.26. The smallest absolute Gasteiger partial charge is 0.269 e. The van der Waals surface area contributed by atoms with E-state index in [0.29, 0.717) is 0 Å². The van der Waals surface area contributed by atoms with Gasteiger partial charge in [0.15, 0.2) is 0 Å². The van der Waals surface area contributed by atoms with Gasteiger partial charge in [0.1, 0.15) is 0 Å². The highest BCUT2D eigenvalue weighted by molar-refractivity contribution is 5.35. The topological polar surface area (TPSA) is 64.4 Å². The molecule has 1 aliphatic rings. The molecule has 18 heavy (non-hydrogen) atoms. The summed E-state index contributed by atoms with van der Waals surface area (Å²) in [7, 11) is 0. The summed E-state index contributed by atoms with van der Waals surface area (Å²) in [6.45, 7) is 6.60. The van der Waals surface area contributed by atoms with Crippen LogP contribution in [0.4, 0.5) is 5.69 Å². The largest absolute Gasteiger partial charge is 0.380 e. The first-order valence-corrected chi connectivity index (χ1v) is 6.06. The van der Waals surface area contributed by atoms with Gasteiger partial charge in [0.25, 0.3) is 5.69 Å². The summed E-state index contributed by atoms with van der Waals surface area (Å²) in [6.07, 6.45) is 0. The lowest BCUT2D eigenvalue weighted by Crippen LogP contribution is -2.47. The maximum absolute atomic E-state index is 10.7. The molecule has 1 atom stereocenters. The maximum atomic E-state index is 10.7. The Morgan fingerprint density at radius 1 is 1.56 bits per heavy atom. The Morgan fingerprint density at radius 2 is 2.28 bits per heavy atom. The third kappa shape index (κ3) is 2.86. The van der Waals surface area contributed by atoms with Gasteiger partial charge in [0, 0.05) is 30.1 Å². The van der Waals surface area contributed by atoms with E-state index in [-0.39, 0.29) is 22.1 Å². The predicted octanol–water partition coefficient (Wildman–Crippen LogP) is 2.28. The molecule has 1 N–H and O–H groups in total. The molecule has 0 amide bonds. The van der Waals surface area contributed by atoms with Crippen LogP contribution in [0.2, 0.25) is 0 Å². The minimum Gasteiger partial charge on any atom is -0.380 e. The van der Waals surface area contributed by atoms with Gasteiger partial charge in [-0.25, -0.2) is 0 Å². The molecule has 0 aromatic heterocycles. The highest BCUT2D eigenvalue weighted by Crippen LogP contribution is 2.27. The van der Waals surface area contributed by atoms with Gasteiger partial charge in [-0.1, -0.05) is 19.1 Å². The Kier molecular flexibility index (Phi) is 3.63. The average molecular weight is 250 g/mol. The zero-order chi connectivity index (χ0) is 13.2. The maximum Gasteiger partial charge on any atom is 0.269 e. The first-order valence-electron chi connectivity index (χ1n) is 6.06. The fourth-order valence-electron chi connectivity index (χ4n) is 1.98. The Morgan fingerprint density at radius 3 is 2.83 bits per heavy atom. The number of nitro benzene ring substituents is 1. The molecule has 5 heteroatoms. The van der Waals surface area contributed by atoms with E-state index in [4.69, 9.17) is 4.74 Å². The van der Waals surface area contributed by atoms with Crippen LogP contribution in [0.5, 0.6) is 0 Å². The van der Waals surface area contributed by atoms with Gasteiger partial charge < -0.3 is 10.1 Å². The van der Waals surface area contributed by atoms with Gasteiger partial charge in [-0.05, 0) is 12.5 Å². The Labute approximate surface area is 106 Å². The van der Waals surface area contributed by atoms with Crippen molar-refractivity contribution in [1.29, 1.82) is 0 Å². The van der Waals surface area contributed by atoms with E-state index in [1.165, 1.54) is 6.07 Å². The lowest BCUT2D eigenvalue weighted by Gasteiger charge is -2.39. The summed E-state index contributed by atoms with van der Waals surface area (Å²) < 4.78 is 5.20. The summed E-state index contributed by atoms with van der Waals surface area (Å²) >= 11 is 0. The number of nitro groups is 1. The standard InChI is InChI=1S/C13H18N2O3/c1-10(14-7-13(2)8-18-9-13)11-4-3-5-12(6-11)15(16)17/h3-6,10,14H,7-9H2,1-2H3. The molecule has 0 spiro atoms. The second-order valence-corrected chi connectivity index (χ2v) is 5.26. The number of rotatable bonds is 5. The summed E-state index contributed by atoms with van der Waals surface area (Å²) in [5, 5.41) is 14.1. The van der Waals surface area contributed by atoms with Gasteiger partial charge in [-0.15, -0.1) is 0 Å². The molecule has 1 aliphatic heterocycles. The molecular formula is C13H18N2O3. The molecule has 1 unspecified atom stereocenters. The van der Waals surface area contributed by atoms with Gasteiger partial charge >= 0.3 is 0 Å². The zero-order valence-electron chi connectivity index (χ0n) is 10.7. The molecular weight excluding hydrogens is 232 g/mol. The third-order valence-corrected chi connectivity index (χ3v) is 3.32. The highest BCUT2D eigenvalue weighted by Gasteiger charge is 2.33. The van der Waals surface area contributed by atoms with Crippen LogP contribution in [0.1, 0.15) is 25.5 Å². The fraction of sp³-hybridized carbons (Fsp3) is 0.538. The molecule has 0 saturated carbocycles. The normalized spacial score (nSPS) is 19.0. The molecule has 0 aliphatic carbocycles. The van der Waals surface area contributed by atoms with E-state index in [1.807, 2.05) is 13.0 Å². The summed E-state index contributed by atoms with van der Waals surface area (Å²) in [4.78, 5) is 10.4. The number of nitrogens with one attached hydrogen (secondary N) is 1. The SMILES string of the molecule is CC(NCC1(C)COC1)c1cccc([N+](=O)[O-])c1. The minimum absolute atomic E-state index is 0.0994. The van der Waals surface area contributed by atoms with Crippen LogP contribution in [0.15, 0.2) is 24.3 Å². The molecule has 1 aromatic rings. The van der Waals surface area contributed by atoms with Crippen molar-refractivity contribution < 1.29 is 9.66 Å². The van der Waals surface area contributed by atoms with Crippen molar-refractivity contribution in [3.63, 3.8) is 0 Å². The highest BCUT2D eigenvalue weighted by atomic mass is 16.6. The van der Waals surface area contributed by atoms with Crippen LogP contribution < -0.4 is 5.32 Å². The Balaban J connectivity index is 1.97. The number of ether oxygens (including phenoxy) is 1. The van der Waals surface area contributed by atoms with Crippen LogP contribution in [0, 0.1) is 15.5 Å². The summed E-state index contributed by atoms with van der Waals surface area (Å²) in [6, 6.07) is 6.86. The number of non-ortho nitro benzene ring substituents is 1. The fourth-order valence-corrected chi connectivity index (χ4v) is 1.98. The van der Waals surface area contributed by atoms with Gasteiger partial charge in [0.2, 0.25) is 0 Å². The molecule has 5 nitrogen and oxygen atoms in total. The van der Waals surface area contributed by atoms with Crippen LogP contribution in [-0.2, 0) is 4.74 Å². The van der Waals surface area contributed by atoms with Crippen molar-refractivity contribution in [2.75, 3.05) is 19.8 Å². The van der Waals surface area contributed by atoms with Crippen LogP contribution in [-0.4, -0.2) is 24.7 Å². The van der Waals surface area contributed by atoms with Gasteiger partial charge in [-0.2, -0.15) is 0 Å². The predicted molar refractivity (Wildman–Crippen MR) is 68.4 cm³/mol. The zero-order valence-corrected chi connectivity index (χ0v) is 10.7. The molecule has 1 aromatic carbocycles. The molecule has 1 fully saturated rings. The lowest BCUT2D eigenvalue weighted by atomic mass is 9.88. The van der Waals surface area contributed by atoms with E-state index < -0.39 is 0 Å². The van der Waals surface area contributed by atoms with E-state index in [2.05, 4.69) is 12.2 Å². The first-order chi connectivity index (χ1) is 8.50. The summed E-state index contributed by atoms with van der Waals surface area (Å²) in [5.74, 6) is 0. The average Bonchev–Trinajstić information content (AvgIpc) is 2.33. The van der Waals surface area contributed by atoms with Crippen LogP contribution in [0.3, 0.4) is 0 Å². The van der Waals surface area contributed by atoms with Gasteiger partial charge in [0.05, 0.1) is 18.1 Å². The molecule has 0 bridgehead atoms. The van der Waals surface area contributed by atoms with E-state index >= 15 is 0 Å². The lowest BCUT2D eigenvalue weighted by molar-refractivity contribution is -0.384. The number of benzene rings is 1. The number of hydrogen-bond donors (Lipinski definition) is 1. The molecule has 0 radical (unpaired) electrons. The van der Waals surface area contributed by atoms with Crippen molar-refractivity contribution in [2.24, 2.45) is 5.41 Å². The monoisotopic (exact) mass is 250 g/mol. The van der Waals surface area contributed by atoms with Crippen molar-refractivity contribution in [3.8, 4) is 0 Å². The van der Waals surface area contributed by atoms with E-state index in [1.54, 1.807) is 12.1 Å². The Bertz CT molecular complexity index is 444. The van der Waals surface area contributed by atoms with Crippen LogP contribution >= 0.6 is 0 Å². The van der Waals surface area contributed by atoms with E-state index in [0.717, 1.165) is 25.3 Å². The van der Waals surface area contributed by atoms with Crippen molar-refractivity contribution in [3.05, 3.63) is 39.9 Å². The number of nitrogens with zero attached hydrogens (tertiary/aromatic N) is 1. The van der Waals surface area contributed by atoms with Crippen molar-refractivity contribution >= 4 is 5.69 Å². The van der Waals surface area contributed by atoms with Crippen molar-refractivity contribution in [1.82, 2.24) is 5.32 Å².